The van der Waals surface area contributed by atoms with Crippen LogP contribution in [0.1, 0.15) is 21.9 Å². The van der Waals surface area contributed by atoms with Gasteiger partial charge in [-0.2, -0.15) is 0 Å². The lowest BCUT2D eigenvalue weighted by Gasteiger charge is -2.07. The molecule has 3 aromatic heterocycles. The molecule has 0 saturated heterocycles. The molecule has 0 saturated carbocycles. The van der Waals surface area contributed by atoms with Crippen LogP contribution in [0.5, 0.6) is 0 Å². The van der Waals surface area contributed by atoms with Crippen LogP contribution in [0.2, 0.25) is 0 Å². The fourth-order valence-corrected chi connectivity index (χ4v) is 3.15. The van der Waals surface area contributed by atoms with Gasteiger partial charge in [0, 0.05) is 26.5 Å². The number of rotatable bonds is 4. The largest absolute Gasteiger partial charge is 0.454 e. The van der Waals surface area contributed by atoms with Crippen LogP contribution in [0.15, 0.2) is 40.4 Å². The van der Waals surface area contributed by atoms with Gasteiger partial charge in [0.2, 0.25) is 0 Å². The van der Waals surface area contributed by atoms with Gasteiger partial charge in [-0.05, 0) is 36.1 Å². The average Bonchev–Trinajstić information content (AvgIpc) is 3.19. The van der Waals surface area contributed by atoms with Crippen LogP contribution < -0.4 is 0 Å². The van der Waals surface area contributed by atoms with Gasteiger partial charge in [0.1, 0.15) is 5.76 Å². The molecule has 5 nitrogen and oxygen atoms in total. The molecule has 6 heteroatoms. The standard InChI is InChI=1S/C16H17N3O2S/c1-11-6-9-22-14(11)15-17-7-8-19(15)10-12-4-5-13(21-12)16(20)18(2)3/h4-9H,10H2,1-3H3. The van der Waals surface area contributed by atoms with Crippen LogP contribution in [-0.2, 0) is 6.54 Å². The van der Waals surface area contributed by atoms with Gasteiger partial charge in [-0.25, -0.2) is 4.98 Å². The summed E-state index contributed by atoms with van der Waals surface area (Å²) in [6, 6.07) is 5.63. The van der Waals surface area contributed by atoms with Crippen LogP contribution in [0.3, 0.4) is 0 Å². The third kappa shape index (κ3) is 2.69. The molecule has 0 spiro atoms. The summed E-state index contributed by atoms with van der Waals surface area (Å²) in [4.78, 5) is 19.0. The lowest BCUT2D eigenvalue weighted by Crippen LogP contribution is -2.20. The van der Waals surface area contributed by atoms with Crippen molar-refractivity contribution in [1.82, 2.24) is 14.5 Å². The normalized spacial score (nSPS) is 10.9. The molecule has 0 aliphatic rings. The minimum Gasteiger partial charge on any atom is -0.454 e. The SMILES string of the molecule is Cc1ccsc1-c1nccn1Cc1ccc(C(=O)N(C)C)o1. The second-order valence-electron chi connectivity index (χ2n) is 5.28. The molecule has 0 unspecified atom stereocenters. The van der Waals surface area contributed by atoms with Gasteiger partial charge < -0.3 is 13.9 Å². The van der Waals surface area contributed by atoms with Crippen molar-refractivity contribution in [2.75, 3.05) is 14.1 Å². The highest BCUT2D eigenvalue weighted by Gasteiger charge is 2.15. The minimum atomic E-state index is -0.133. The maximum atomic E-state index is 11.9. The molecule has 1 amide bonds. The first-order valence-corrected chi connectivity index (χ1v) is 7.80. The van der Waals surface area contributed by atoms with Crippen molar-refractivity contribution in [2.24, 2.45) is 0 Å². The van der Waals surface area contributed by atoms with Gasteiger partial charge in [-0.3, -0.25) is 4.79 Å². The fraction of sp³-hybridized carbons (Fsp3) is 0.250. The molecule has 114 valence electrons. The highest BCUT2D eigenvalue weighted by atomic mass is 32.1. The van der Waals surface area contributed by atoms with E-state index >= 15 is 0 Å². The molecule has 22 heavy (non-hydrogen) atoms. The Bertz CT molecular complexity index is 798. The number of carbonyl (C=O) groups is 1. The molecule has 0 atom stereocenters. The molecule has 0 bridgehead atoms. The van der Waals surface area contributed by atoms with Gasteiger partial charge in [-0.15, -0.1) is 11.3 Å². The fourth-order valence-electron chi connectivity index (χ4n) is 2.21. The van der Waals surface area contributed by atoms with Crippen LogP contribution >= 0.6 is 11.3 Å². The predicted octanol–water partition coefficient (Wildman–Crippen LogP) is 3.26. The number of aryl methyl sites for hydroxylation is 1. The third-order valence-corrected chi connectivity index (χ3v) is 4.40. The number of carbonyl (C=O) groups excluding carboxylic acids is 1. The summed E-state index contributed by atoms with van der Waals surface area (Å²) in [5.74, 6) is 1.88. The van der Waals surface area contributed by atoms with E-state index in [1.54, 1.807) is 37.7 Å². The van der Waals surface area contributed by atoms with Gasteiger partial charge in [0.05, 0.1) is 11.4 Å². The van der Waals surface area contributed by atoms with Crippen LogP contribution in [-0.4, -0.2) is 34.5 Å². The highest BCUT2D eigenvalue weighted by Crippen LogP contribution is 2.28. The zero-order valence-electron chi connectivity index (χ0n) is 12.7. The quantitative estimate of drug-likeness (QED) is 0.742. The molecule has 3 heterocycles. The van der Waals surface area contributed by atoms with Gasteiger partial charge in [-0.1, -0.05) is 0 Å². The lowest BCUT2D eigenvalue weighted by atomic mass is 10.3. The summed E-state index contributed by atoms with van der Waals surface area (Å²) in [7, 11) is 3.41. The van der Waals surface area contributed by atoms with Gasteiger partial charge in [0.25, 0.3) is 5.91 Å². The second-order valence-corrected chi connectivity index (χ2v) is 6.19. The molecule has 0 fully saturated rings. The summed E-state index contributed by atoms with van der Waals surface area (Å²) >= 11 is 1.67. The maximum Gasteiger partial charge on any atom is 0.289 e. The van der Waals surface area contributed by atoms with Crippen LogP contribution in [0.25, 0.3) is 10.7 Å². The Hall–Kier alpha value is -2.34. The van der Waals surface area contributed by atoms with E-state index in [4.69, 9.17) is 4.42 Å². The predicted molar refractivity (Wildman–Crippen MR) is 86.1 cm³/mol. The van der Waals surface area contributed by atoms with Crippen LogP contribution in [0.4, 0.5) is 0 Å². The van der Waals surface area contributed by atoms with E-state index in [0.29, 0.717) is 12.3 Å². The van der Waals surface area contributed by atoms with Crippen LogP contribution in [0, 0.1) is 6.92 Å². The van der Waals surface area contributed by atoms with Crippen molar-refractivity contribution < 1.29 is 9.21 Å². The van der Waals surface area contributed by atoms with E-state index in [2.05, 4.69) is 23.4 Å². The summed E-state index contributed by atoms with van der Waals surface area (Å²) < 4.78 is 7.68. The molecule has 0 aromatic carbocycles. The number of furan rings is 1. The molecule has 0 radical (unpaired) electrons. The van der Waals surface area contributed by atoms with E-state index in [0.717, 1.165) is 16.5 Å². The smallest absolute Gasteiger partial charge is 0.289 e. The molecule has 0 aliphatic heterocycles. The van der Waals surface area contributed by atoms with E-state index in [1.165, 1.54) is 10.5 Å². The van der Waals surface area contributed by atoms with Crippen molar-refractivity contribution in [3.05, 3.63) is 53.1 Å². The highest BCUT2D eigenvalue weighted by molar-refractivity contribution is 7.13. The molecule has 3 aromatic rings. The summed E-state index contributed by atoms with van der Waals surface area (Å²) in [6.45, 7) is 2.62. The van der Waals surface area contributed by atoms with Crippen molar-refractivity contribution in [2.45, 2.75) is 13.5 Å². The number of hydrogen-bond acceptors (Lipinski definition) is 4. The molecular weight excluding hydrogens is 298 g/mol. The minimum absolute atomic E-state index is 0.133. The van der Waals surface area contributed by atoms with Gasteiger partial charge in [0.15, 0.2) is 11.6 Å². The van der Waals surface area contributed by atoms with E-state index < -0.39 is 0 Å². The lowest BCUT2D eigenvalue weighted by molar-refractivity contribution is 0.0794. The first-order chi connectivity index (χ1) is 10.6. The van der Waals surface area contributed by atoms with E-state index in [9.17, 15) is 4.79 Å². The van der Waals surface area contributed by atoms with E-state index in [1.807, 2.05) is 16.8 Å². The number of amides is 1. The number of nitrogens with zero attached hydrogens (tertiary/aromatic N) is 3. The number of imidazole rings is 1. The Kier molecular flexibility index (Phi) is 3.85. The topological polar surface area (TPSA) is 51.3 Å². The van der Waals surface area contributed by atoms with Crippen molar-refractivity contribution in [1.29, 1.82) is 0 Å². The molecule has 3 rings (SSSR count). The van der Waals surface area contributed by atoms with Crippen molar-refractivity contribution in [3.8, 4) is 10.7 Å². The zero-order chi connectivity index (χ0) is 15.7. The summed E-state index contributed by atoms with van der Waals surface area (Å²) in [5.41, 5.74) is 1.21. The first kappa shape index (κ1) is 14.6. The second kappa shape index (κ2) is 5.81. The average molecular weight is 315 g/mol. The zero-order valence-corrected chi connectivity index (χ0v) is 13.6. The molecule has 0 N–H and O–H groups in total. The Balaban J connectivity index is 1.85. The number of hydrogen-bond donors (Lipinski definition) is 0. The van der Waals surface area contributed by atoms with E-state index in [-0.39, 0.29) is 5.91 Å². The Morgan fingerprint density at radius 1 is 1.36 bits per heavy atom. The van der Waals surface area contributed by atoms with Gasteiger partial charge >= 0.3 is 0 Å². The Labute approximate surface area is 132 Å². The maximum absolute atomic E-state index is 11.9. The Morgan fingerprint density at radius 2 is 2.18 bits per heavy atom. The summed E-state index contributed by atoms with van der Waals surface area (Å²) in [6.07, 6.45) is 3.70. The first-order valence-electron chi connectivity index (χ1n) is 6.92. The third-order valence-electron chi connectivity index (χ3n) is 3.39. The van der Waals surface area contributed by atoms with Crippen molar-refractivity contribution in [3.63, 3.8) is 0 Å². The van der Waals surface area contributed by atoms with Crippen molar-refractivity contribution >= 4 is 17.2 Å². The summed E-state index contributed by atoms with van der Waals surface area (Å²) in [5, 5.41) is 2.06. The number of thiophene rings is 1. The Morgan fingerprint density at radius 3 is 2.86 bits per heavy atom. The number of aromatic nitrogens is 2. The molecular formula is C16H17N3O2S. The monoisotopic (exact) mass is 315 g/mol. The molecule has 0 aliphatic carbocycles.